The third-order valence-corrected chi connectivity index (χ3v) is 33.0. The molecule has 4 fully saturated rings. The number of carbonyl (C=O) groups is 4. The van der Waals surface area contributed by atoms with Gasteiger partial charge in [0.25, 0.3) is 0 Å². The molecule has 34 nitrogen and oxygen atoms in total. The molecule has 0 spiro atoms. The summed E-state index contributed by atoms with van der Waals surface area (Å²) in [7, 11) is 8.77. The van der Waals surface area contributed by atoms with E-state index in [0.717, 1.165) is 83.7 Å². The molecule has 4 aliphatic carbocycles. The molecule has 4 heterocycles. The van der Waals surface area contributed by atoms with Crippen LogP contribution in [0.4, 0.5) is 19.2 Å². The Morgan fingerprint density at radius 2 is 0.612 bits per heavy atom. The minimum atomic E-state index is -2.63. The molecule has 2 saturated heterocycles. The molecule has 18 unspecified atom stereocenters. The number of unbranched alkanes of at least 4 members (excludes halogenated alkanes) is 4. The van der Waals surface area contributed by atoms with E-state index in [9.17, 15) is 29.4 Å². The lowest BCUT2D eigenvalue weighted by atomic mass is 9.96. The predicted molar refractivity (Wildman–Crippen MR) is 449 cm³/mol. The summed E-state index contributed by atoms with van der Waals surface area (Å²) in [6.07, 6.45) is 30.4. The molecular formula is C78H152N8O26Si4. The molecule has 18 atom stereocenters. The fourth-order valence-electron chi connectivity index (χ4n) is 14.9. The Morgan fingerprint density at radius 1 is 0.345 bits per heavy atom. The number of ether oxygens (including phenoxy) is 6. The van der Waals surface area contributed by atoms with Crippen LogP contribution in [0.15, 0.2) is 48.6 Å². The van der Waals surface area contributed by atoms with E-state index in [1.807, 2.05) is 38.2 Å². The molecule has 8 amide bonds. The van der Waals surface area contributed by atoms with Crippen molar-refractivity contribution in [3.05, 3.63) is 48.6 Å². The van der Waals surface area contributed by atoms with Gasteiger partial charge in [-0.25, -0.2) is 19.2 Å². The highest BCUT2D eigenvalue weighted by Crippen LogP contribution is 2.43. The highest BCUT2D eigenvalue weighted by atomic mass is 28.4. The minimum absolute atomic E-state index is 0.00933. The first-order chi connectivity index (χ1) is 56.0. The van der Waals surface area contributed by atoms with Gasteiger partial charge < -0.3 is 144 Å². The first-order valence-electron chi connectivity index (χ1n) is 41.8. The summed E-state index contributed by atoms with van der Waals surface area (Å²) in [6.45, 7) is 17.1. The van der Waals surface area contributed by atoms with Crippen LogP contribution in [0.1, 0.15) is 144 Å². The van der Waals surface area contributed by atoms with Gasteiger partial charge in [0.2, 0.25) is 0 Å². The minimum Gasteiger partial charge on any atom is -0.396 e. The van der Waals surface area contributed by atoms with Gasteiger partial charge in [-0.1, -0.05) is 115 Å². The summed E-state index contributed by atoms with van der Waals surface area (Å²) in [5.41, 5.74) is 0. The van der Waals surface area contributed by atoms with Crippen LogP contribution < -0.4 is 42.5 Å². The van der Waals surface area contributed by atoms with Crippen LogP contribution in [0.5, 0.6) is 0 Å². The van der Waals surface area contributed by atoms with Crippen LogP contribution in [-0.4, -0.2) is 316 Å². The van der Waals surface area contributed by atoms with E-state index in [-0.39, 0.29) is 134 Å². The zero-order valence-electron chi connectivity index (χ0n) is 73.0. The van der Waals surface area contributed by atoms with Crippen molar-refractivity contribution in [1.82, 2.24) is 42.5 Å². The van der Waals surface area contributed by atoms with Crippen LogP contribution in [0.2, 0.25) is 24.2 Å². The van der Waals surface area contributed by atoms with Gasteiger partial charge >= 0.3 is 59.3 Å². The maximum atomic E-state index is 12.4. The predicted octanol–water partition coefficient (Wildman–Crippen LogP) is 7.02. The molecule has 0 radical (unpaired) electrons. The van der Waals surface area contributed by atoms with Crippen LogP contribution in [0, 0.1) is 23.7 Å². The van der Waals surface area contributed by atoms with Crippen molar-refractivity contribution in [2.24, 2.45) is 23.7 Å². The molecule has 0 aromatic rings. The van der Waals surface area contributed by atoms with E-state index < -0.39 is 35.2 Å². The van der Waals surface area contributed by atoms with Crippen LogP contribution in [0.3, 0.4) is 0 Å². The number of aliphatic hydroxyl groups is 4. The Kier molecular flexibility index (Phi) is 54.7. The van der Waals surface area contributed by atoms with E-state index in [1.165, 1.54) is 0 Å². The quantitative estimate of drug-likeness (QED) is 0.0165. The van der Waals surface area contributed by atoms with E-state index in [0.29, 0.717) is 108 Å². The largest absolute Gasteiger partial charge is 0.500 e. The second kappa shape index (κ2) is 59.7. The normalized spacial score (nSPS) is 25.8. The smallest absolute Gasteiger partial charge is 0.396 e. The summed E-state index contributed by atoms with van der Waals surface area (Å²) >= 11 is 0. The van der Waals surface area contributed by atoms with Crippen LogP contribution in [0.25, 0.3) is 0 Å². The third-order valence-electron chi connectivity index (χ3n) is 21.6. The standard InChI is InChI=1S/C19H36N4O5Si.C18H34N4O6Si.C15H26O3.C14H24O4.2C6H16O4Si/c1-5-6-10-20-18(24)22-16-14-8-9-15(13-14)17(16)23-19(25)21-11-7-12-29(26-2,27-3)28-4;1-5-6-10-19-17(23)21-15-13-8-9-14(28-13)16(15)22-18(24)20-11-7-12-29(25-2,26-3)27-4;1-3-5-6-13(16)10-18-15-12-8-7-11(9-12)14(15)17-4-2;1-3-5-6-10(15)9-17-14-12-8-7-11(18-12)13(14)16-4-2;2*1-8-11(9-2,10-3)6-4-5-7/h8-9,14-17H,5-7,10-13H2,1-4H3,(H2,20,22,24)(H2,21,23,25);8-9,13-16H,5-7,10-12H2,1-4H3,(H2,19,21,23)(H2,20,22,24);7-8,11-16H,3-6,9-10H2,1-2H3;7-8,10-15H,3-6,9H2,1-2H3;2*7H,4-6H2,1-3H3. The lowest BCUT2D eigenvalue weighted by molar-refractivity contribution is -0.0943. The second-order valence-electron chi connectivity index (χ2n) is 29.3. The van der Waals surface area contributed by atoms with Gasteiger partial charge in [-0.2, -0.15) is 0 Å². The Morgan fingerprint density at radius 3 is 0.940 bits per heavy atom. The fourth-order valence-corrected chi connectivity index (χ4v) is 21.8. The molecule has 8 bridgehead atoms. The SMILES string of the molecule is CCCCC(O)COC1C2C=CC(C2)C1OCC.CCCCC(O)COC1C2C=CC(O2)C1OCC.CCCCNC(=O)NC1C2C=CC(C2)C1NC(=O)NCCC[Si](OC)(OC)OC.CCCCNC(=O)NC1C2C=CC(O2)C1NC(=O)NCCC[Si](OC)(OC)OC.CO[Si](CCCO)(OC)OC.CO[Si](CCCO)(OC)OC. The van der Waals surface area contributed by atoms with Gasteiger partial charge in [0.1, 0.15) is 24.4 Å². The van der Waals surface area contributed by atoms with E-state index >= 15 is 0 Å². The zero-order chi connectivity index (χ0) is 86.0. The molecule has 38 heteroatoms. The van der Waals surface area contributed by atoms with E-state index in [4.69, 9.17) is 91.7 Å². The fraction of sp³-hybridized carbons (Fsp3) is 0.846. The highest BCUT2D eigenvalue weighted by molar-refractivity contribution is 6.61. The number of nitrogens with one attached hydrogen (secondary N) is 8. The molecule has 4 aliphatic heterocycles. The summed E-state index contributed by atoms with van der Waals surface area (Å²) in [5.74, 6) is 1.53. The van der Waals surface area contributed by atoms with Crippen molar-refractivity contribution in [3.8, 4) is 0 Å². The molecule has 8 aliphatic rings. The molecule has 676 valence electrons. The Bertz CT molecular complexity index is 2550. The third kappa shape index (κ3) is 35.5. The van der Waals surface area contributed by atoms with E-state index in [2.05, 4.69) is 94.5 Å². The summed E-state index contributed by atoms with van der Waals surface area (Å²) in [5, 5.41) is 60.1. The van der Waals surface area contributed by atoms with Crippen molar-refractivity contribution in [1.29, 1.82) is 0 Å². The van der Waals surface area contributed by atoms with Gasteiger partial charge in [-0.3, -0.25) is 0 Å². The number of amides is 8. The average molecular weight is 1730 g/mol. The maximum Gasteiger partial charge on any atom is 0.500 e. The van der Waals surface area contributed by atoms with Gasteiger partial charge in [0.05, 0.1) is 74.0 Å². The van der Waals surface area contributed by atoms with Gasteiger partial charge in [0, 0.05) is 174 Å². The number of hydrogen-bond donors (Lipinski definition) is 12. The number of fused-ring (bicyclic) bond motifs is 8. The van der Waals surface area contributed by atoms with Crippen molar-refractivity contribution in [3.63, 3.8) is 0 Å². The molecular weight excluding hydrogens is 1580 g/mol. The molecule has 0 aromatic carbocycles. The van der Waals surface area contributed by atoms with Crippen molar-refractivity contribution < 1.29 is 121 Å². The molecule has 116 heavy (non-hydrogen) atoms. The van der Waals surface area contributed by atoms with Crippen molar-refractivity contribution in [2.75, 3.05) is 151 Å². The first-order valence-corrected chi connectivity index (χ1v) is 49.6. The summed E-state index contributed by atoms with van der Waals surface area (Å²) in [4.78, 5) is 49.0. The molecule has 8 rings (SSSR count). The average Bonchev–Trinajstić information content (AvgIpc) is 1.65. The molecule has 2 saturated carbocycles. The van der Waals surface area contributed by atoms with E-state index in [1.54, 1.807) is 85.3 Å². The van der Waals surface area contributed by atoms with Crippen molar-refractivity contribution >= 4 is 59.3 Å². The Balaban J connectivity index is 0.000000374. The number of hydrogen-bond acceptors (Lipinski definition) is 26. The number of carbonyl (C=O) groups excluding carboxylic acids is 4. The zero-order valence-corrected chi connectivity index (χ0v) is 77.0. The topological polar surface area (TPSA) is 412 Å². The number of rotatable bonds is 52. The molecule has 0 aromatic heterocycles. The summed E-state index contributed by atoms with van der Waals surface area (Å²) < 4.78 is 97.7. The van der Waals surface area contributed by atoms with Crippen LogP contribution in [-0.2, 0) is 81.5 Å². The maximum absolute atomic E-state index is 12.4. The lowest BCUT2D eigenvalue weighted by Gasteiger charge is -2.30. The van der Waals surface area contributed by atoms with Gasteiger partial charge in [0.15, 0.2) is 0 Å². The summed E-state index contributed by atoms with van der Waals surface area (Å²) in [6, 6.07) is 0.748. The lowest BCUT2D eigenvalue weighted by Crippen LogP contribution is -2.59. The molecule has 12 N–H and O–H groups in total. The second-order valence-corrected chi connectivity index (χ2v) is 41.6. The number of urea groups is 4. The Labute approximate surface area is 696 Å². The monoisotopic (exact) mass is 1730 g/mol. The Hall–Kier alpha value is -3.97. The van der Waals surface area contributed by atoms with Gasteiger partial charge in [-0.05, 0) is 89.9 Å². The van der Waals surface area contributed by atoms with Crippen LogP contribution >= 0.6 is 0 Å². The first kappa shape index (κ1) is 106. The van der Waals surface area contributed by atoms with Gasteiger partial charge in [-0.15, -0.1) is 0 Å². The van der Waals surface area contributed by atoms with Crippen molar-refractivity contribution in [2.45, 2.75) is 254 Å². The number of aliphatic hydroxyl groups excluding tert-OH is 4. The highest BCUT2D eigenvalue weighted by Gasteiger charge is 2.51.